The molecule has 1 aromatic carbocycles. The minimum Gasteiger partial charge on any atom is -0.493 e. The first-order chi connectivity index (χ1) is 15.6. The van der Waals surface area contributed by atoms with Crippen molar-refractivity contribution in [1.82, 2.24) is 15.1 Å². The number of hydrogen-bond donors (Lipinski definition) is 2. The van der Waals surface area contributed by atoms with Crippen molar-refractivity contribution in [1.29, 1.82) is 0 Å². The Morgan fingerprint density at radius 2 is 1.91 bits per heavy atom. The zero-order valence-corrected chi connectivity index (χ0v) is 19.4. The molecule has 32 heavy (non-hydrogen) atoms. The minimum absolute atomic E-state index is 0.164. The highest BCUT2D eigenvalue weighted by Crippen LogP contribution is 2.36. The summed E-state index contributed by atoms with van der Waals surface area (Å²) in [7, 11) is 1.68. The first-order valence-electron chi connectivity index (χ1n) is 12.4. The highest BCUT2D eigenvalue weighted by Gasteiger charge is 2.38. The summed E-state index contributed by atoms with van der Waals surface area (Å²) >= 11 is 0. The largest absolute Gasteiger partial charge is 0.493 e. The van der Waals surface area contributed by atoms with Gasteiger partial charge in [0.25, 0.3) is 0 Å². The third-order valence-electron chi connectivity index (χ3n) is 7.78. The Balaban J connectivity index is 1.10. The number of nitrogens with one attached hydrogen (secondary N) is 1. The molecule has 2 bridgehead atoms. The molecule has 1 aromatic rings. The summed E-state index contributed by atoms with van der Waals surface area (Å²) in [5.74, 6) is 1.44. The van der Waals surface area contributed by atoms with Crippen LogP contribution in [0.25, 0.3) is 0 Å². The van der Waals surface area contributed by atoms with E-state index in [2.05, 4.69) is 27.2 Å². The number of piperazine rings is 1. The van der Waals surface area contributed by atoms with Gasteiger partial charge in [0, 0.05) is 58.0 Å². The lowest BCUT2D eigenvalue weighted by Crippen LogP contribution is -2.53. The fourth-order valence-corrected chi connectivity index (χ4v) is 6.03. The van der Waals surface area contributed by atoms with Gasteiger partial charge in [-0.2, -0.15) is 0 Å². The summed E-state index contributed by atoms with van der Waals surface area (Å²) in [6, 6.07) is 7.36. The summed E-state index contributed by atoms with van der Waals surface area (Å²) in [5.41, 5.74) is 1.39. The second-order valence-corrected chi connectivity index (χ2v) is 10.2. The topological polar surface area (TPSA) is 66.4 Å². The number of fused-ring (bicyclic) bond motifs is 2. The third-order valence-corrected chi connectivity index (χ3v) is 7.78. The van der Waals surface area contributed by atoms with Crippen molar-refractivity contribution in [3.8, 4) is 11.5 Å². The molecule has 0 radical (unpaired) electrons. The normalized spacial score (nSPS) is 28.8. The van der Waals surface area contributed by atoms with Gasteiger partial charge in [0.2, 0.25) is 0 Å². The van der Waals surface area contributed by atoms with Crippen LogP contribution in [0.3, 0.4) is 0 Å². The molecular weight excluding hydrogens is 406 g/mol. The zero-order chi connectivity index (χ0) is 22.0. The van der Waals surface area contributed by atoms with E-state index >= 15 is 0 Å². The molecular formula is C25H39N3O4. The van der Waals surface area contributed by atoms with Crippen molar-refractivity contribution < 1.29 is 19.3 Å². The number of likely N-dealkylation sites (tertiary alicyclic amines) is 2. The van der Waals surface area contributed by atoms with Crippen molar-refractivity contribution in [2.24, 2.45) is 0 Å². The number of hydrogen-bond acceptors (Lipinski definition) is 7. The van der Waals surface area contributed by atoms with Crippen LogP contribution in [0, 0.1) is 0 Å². The fourth-order valence-electron chi connectivity index (χ4n) is 6.03. The number of nitrogens with zero attached hydrogens (tertiary/aromatic N) is 2. The van der Waals surface area contributed by atoms with Crippen LogP contribution >= 0.6 is 0 Å². The molecule has 4 aliphatic rings. The predicted molar refractivity (Wildman–Crippen MR) is 123 cm³/mol. The van der Waals surface area contributed by atoms with E-state index in [1.807, 2.05) is 6.07 Å². The molecule has 0 aromatic heterocycles. The van der Waals surface area contributed by atoms with Crippen molar-refractivity contribution in [3.63, 3.8) is 0 Å². The van der Waals surface area contributed by atoms with Gasteiger partial charge in [-0.25, -0.2) is 0 Å². The number of aliphatic hydroxyl groups is 1. The van der Waals surface area contributed by atoms with E-state index < -0.39 is 6.10 Å². The molecule has 1 unspecified atom stereocenters. The number of aliphatic hydroxyl groups excluding tert-OH is 1. The lowest BCUT2D eigenvalue weighted by atomic mass is 9.88. The summed E-state index contributed by atoms with van der Waals surface area (Å²) in [6.45, 7) is 7.01. The number of piperidine rings is 1. The van der Waals surface area contributed by atoms with Crippen LogP contribution in [0.2, 0.25) is 0 Å². The number of β-amino-alcohol motifs (C(OH)–C–C–N with tert-alkyl or cyclic N) is 1. The van der Waals surface area contributed by atoms with Crippen LogP contribution in [0.15, 0.2) is 18.2 Å². The number of ether oxygens (including phenoxy) is 3. The highest BCUT2D eigenvalue weighted by atomic mass is 16.5. The summed E-state index contributed by atoms with van der Waals surface area (Å²) in [5, 5.41) is 14.2. The van der Waals surface area contributed by atoms with Gasteiger partial charge in [0.05, 0.1) is 12.7 Å². The van der Waals surface area contributed by atoms with Crippen LogP contribution in [0.1, 0.15) is 44.1 Å². The van der Waals surface area contributed by atoms with E-state index in [-0.39, 0.29) is 12.2 Å². The molecule has 1 spiro atoms. The molecule has 5 rings (SSSR count). The third kappa shape index (κ3) is 5.23. The maximum Gasteiger partial charge on any atom is 0.161 e. The Bertz CT molecular complexity index is 748. The Hall–Kier alpha value is -1.38. The van der Waals surface area contributed by atoms with E-state index in [4.69, 9.17) is 14.2 Å². The maximum atomic E-state index is 10.5. The molecule has 7 heteroatoms. The van der Waals surface area contributed by atoms with Crippen molar-refractivity contribution in [2.75, 3.05) is 53.0 Å². The van der Waals surface area contributed by atoms with Crippen LogP contribution in [0.5, 0.6) is 11.5 Å². The minimum atomic E-state index is -0.504. The van der Waals surface area contributed by atoms with Gasteiger partial charge < -0.3 is 24.6 Å². The monoisotopic (exact) mass is 445 g/mol. The van der Waals surface area contributed by atoms with E-state index in [1.54, 1.807) is 7.11 Å². The molecule has 0 aliphatic carbocycles. The quantitative estimate of drug-likeness (QED) is 0.635. The number of rotatable bonds is 8. The second-order valence-electron chi connectivity index (χ2n) is 10.2. The van der Waals surface area contributed by atoms with Gasteiger partial charge in [0.1, 0.15) is 12.7 Å². The molecule has 0 saturated carbocycles. The molecule has 2 N–H and O–H groups in total. The van der Waals surface area contributed by atoms with E-state index in [0.29, 0.717) is 24.4 Å². The Kier molecular flexibility index (Phi) is 6.90. The molecule has 4 saturated heterocycles. The van der Waals surface area contributed by atoms with Gasteiger partial charge in [-0.15, -0.1) is 0 Å². The van der Waals surface area contributed by atoms with Crippen molar-refractivity contribution in [2.45, 2.75) is 68.9 Å². The van der Waals surface area contributed by atoms with Gasteiger partial charge in [-0.3, -0.25) is 9.80 Å². The van der Waals surface area contributed by atoms with Crippen molar-refractivity contribution in [3.05, 3.63) is 23.8 Å². The smallest absolute Gasteiger partial charge is 0.161 e. The SMILES string of the molecule is COc1cc(CN2CCC3(CCCO3)CC2)ccc1OCC(O)CN1C[C@H]2CC[C@@H](C1)N2. The zero-order valence-electron chi connectivity index (χ0n) is 19.4. The molecule has 4 fully saturated rings. The molecule has 3 atom stereocenters. The lowest BCUT2D eigenvalue weighted by molar-refractivity contribution is -0.0447. The van der Waals surface area contributed by atoms with Gasteiger partial charge in [-0.1, -0.05) is 6.07 Å². The summed E-state index contributed by atoms with van der Waals surface area (Å²) < 4.78 is 17.6. The fraction of sp³-hybridized carbons (Fsp3) is 0.760. The van der Waals surface area contributed by atoms with E-state index in [9.17, 15) is 5.11 Å². The molecule has 0 amide bonds. The average Bonchev–Trinajstić information content (AvgIpc) is 3.40. The Morgan fingerprint density at radius 3 is 2.59 bits per heavy atom. The van der Waals surface area contributed by atoms with Gasteiger partial charge >= 0.3 is 0 Å². The molecule has 4 aliphatic heterocycles. The first kappa shape index (κ1) is 22.4. The van der Waals surface area contributed by atoms with E-state index in [1.165, 1.54) is 31.2 Å². The second kappa shape index (κ2) is 9.85. The Labute approximate surface area is 192 Å². The highest BCUT2D eigenvalue weighted by molar-refractivity contribution is 5.43. The molecule has 4 heterocycles. The number of methoxy groups -OCH3 is 1. The van der Waals surface area contributed by atoms with Crippen LogP contribution in [-0.4, -0.2) is 91.7 Å². The standard InChI is InChI=1S/C25H39N3O4/c1-30-24-13-19(14-27-10-8-25(9-11-27)7-2-12-32-25)3-6-23(24)31-18-22(29)17-28-15-20-4-5-21(16-28)26-20/h3,6,13,20-22,26,29H,2,4-5,7-12,14-18H2,1H3/t20-,21+,22?. The molecule has 7 nitrogen and oxygen atoms in total. The average molecular weight is 446 g/mol. The van der Waals surface area contributed by atoms with Crippen molar-refractivity contribution >= 4 is 0 Å². The van der Waals surface area contributed by atoms with Crippen LogP contribution in [-0.2, 0) is 11.3 Å². The number of benzene rings is 1. The van der Waals surface area contributed by atoms with Gasteiger partial charge in [0.15, 0.2) is 11.5 Å². The van der Waals surface area contributed by atoms with Crippen LogP contribution < -0.4 is 14.8 Å². The Morgan fingerprint density at radius 1 is 1.12 bits per heavy atom. The van der Waals surface area contributed by atoms with Crippen LogP contribution in [0.4, 0.5) is 0 Å². The predicted octanol–water partition coefficient (Wildman–Crippen LogP) is 2.02. The maximum absolute atomic E-state index is 10.5. The molecule has 178 valence electrons. The lowest BCUT2D eigenvalue weighted by Gasteiger charge is -2.38. The summed E-state index contributed by atoms with van der Waals surface area (Å²) in [4.78, 5) is 4.87. The summed E-state index contributed by atoms with van der Waals surface area (Å²) in [6.07, 6.45) is 6.71. The van der Waals surface area contributed by atoms with E-state index in [0.717, 1.165) is 57.9 Å². The van der Waals surface area contributed by atoms with Gasteiger partial charge in [-0.05, 0) is 56.2 Å². The first-order valence-corrected chi connectivity index (χ1v) is 12.4.